The van der Waals surface area contributed by atoms with Crippen LogP contribution in [-0.2, 0) is 16.1 Å². The molecule has 0 aliphatic carbocycles. The molecule has 0 atom stereocenters. The van der Waals surface area contributed by atoms with Gasteiger partial charge in [-0.25, -0.2) is 0 Å². The zero-order valence-corrected chi connectivity index (χ0v) is 18.3. The van der Waals surface area contributed by atoms with Crippen molar-refractivity contribution in [2.45, 2.75) is 34.2 Å². The quantitative estimate of drug-likeness (QED) is 0.580. The van der Waals surface area contributed by atoms with Crippen LogP contribution in [0.1, 0.15) is 33.4 Å². The Morgan fingerprint density at radius 1 is 0.742 bits per heavy atom. The molecule has 1 heterocycles. The Labute approximate surface area is 183 Å². The summed E-state index contributed by atoms with van der Waals surface area (Å²) in [5.74, 6) is -0.577. The zero-order valence-electron chi connectivity index (χ0n) is 18.3. The molecule has 3 aromatic carbocycles. The van der Waals surface area contributed by atoms with Gasteiger partial charge in [0, 0.05) is 5.69 Å². The fourth-order valence-corrected chi connectivity index (χ4v) is 3.85. The molecule has 0 aromatic heterocycles. The number of hydrogen-bond acceptors (Lipinski definition) is 3. The number of carbonyl (C=O) groups excluding carboxylic acids is 2. The summed E-state index contributed by atoms with van der Waals surface area (Å²) in [6, 6.07) is 21.5. The van der Waals surface area contributed by atoms with Gasteiger partial charge < -0.3 is 5.32 Å². The van der Waals surface area contributed by atoms with E-state index in [1.807, 2.05) is 88.4 Å². The summed E-state index contributed by atoms with van der Waals surface area (Å²) in [4.78, 5) is 28.2. The van der Waals surface area contributed by atoms with Crippen LogP contribution in [0.25, 0.3) is 5.57 Å². The van der Waals surface area contributed by atoms with E-state index in [9.17, 15) is 9.59 Å². The van der Waals surface area contributed by atoms with Crippen molar-refractivity contribution in [3.05, 3.63) is 106 Å². The number of hydrogen-bond donors (Lipinski definition) is 1. The summed E-state index contributed by atoms with van der Waals surface area (Å²) >= 11 is 0. The Bertz CT molecular complexity index is 1210. The first-order valence-corrected chi connectivity index (χ1v) is 10.4. The summed E-state index contributed by atoms with van der Waals surface area (Å²) in [6.07, 6.45) is 0. The highest BCUT2D eigenvalue weighted by Crippen LogP contribution is 2.33. The van der Waals surface area contributed by atoms with Crippen LogP contribution < -0.4 is 5.32 Å². The van der Waals surface area contributed by atoms with Gasteiger partial charge in [-0.3, -0.25) is 14.5 Å². The number of benzene rings is 3. The molecule has 3 aromatic rings. The highest BCUT2D eigenvalue weighted by molar-refractivity contribution is 6.36. The van der Waals surface area contributed by atoms with Crippen LogP contribution in [0, 0.1) is 27.7 Å². The van der Waals surface area contributed by atoms with Crippen molar-refractivity contribution < 1.29 is 9.59 Å². The first-order valence-electron chi connectivity index (χ1n) is 10.4. The van der Waals surface area contributed by atoms with Crippen LogP contribution in [0.3, 0.4) is 0 Å². The summed E-state index contributed by atoms with van der Waals surface area (Å²) in [6.45, 7) is 8.31. The molecule has 2 amide bonds. The molecule has 4 heteroatoms. The van der Waals surface area contributed by atoms with Crippen molar-refractivity contribution in [3.8, 4) is 0 Å². The smallest absolute Gasteiger partial charge is 0.278 e. The average Bonchev–Trinajstić information content (AvgIpc) is 2.97. The van der Waals surface area contributed by atoms with E-state index in [-0.39, 0.29) is 18.4 Å². The van der Waals surface area contributed by atoms with Gasteiger partial charge in [0.2, 0.25) is 0 Å². The number of aryl methyl sites for hydroxylation is 4. The largest absolute Gasteiger partial charge is 0.350 e. The highest BCUT2D eigenvalue weighted by Gasteiger charge is 2.39. The monoisotopic (exact) mass is 410 g/mol. The van der Waals surface area contributed by atoms with Gasteiger partial charge in [-0.2, -0.15) is 0 Å². The molecule has 0 fully saturated rings. The molecule has 0 radical (unpaired) electrons. The number of imide groups is 1. The minimum atomic E-state index is -0.304. The molecule has 4 nitrogen and oxygen atoms in total. The normalized spacial score (nSPS) is 13.9. The first kappa shape index (κ1) is 20.6. The fourth-order valence-electron chi connectivity index (χ4n) is 3.85. The Balaban J connectivity index is 1.79. The number of carbonyl (C=O) groups is 2. The molecule has 1 N–H and O–H groups in total. The summed E-state index contributed by atoms with van der Waals surface area (Å²) in [5.41, 5.74) is 7.63. The van der Waals surface area contributed by atoms with Crippen LogP contribution in [0.15, 0.2) is 72.4 Å². The lowest BCUT2D eigenvalue weighted by Gasteiger charge is -2.16. The predicted octanol–water partition coefficient (Wildman–Crippen LogP) is 5.31. The number of anilines is 1. The van der Waals surface area contributed by atoms with Crippen LogP contribution in [-0.4, -0.2) is 16.7 Å². The number of nitrogens with zero attached hydrogens (tertiary/aromatic N) is 1. The lowest BCUT2D eigenvalue weighted by molar-refractivity contribution is -0.137. The van der Waals surface area contributed by atoms with Crippen LogP contribution in [0.5, 0.6) is 0 Å². The second kappa shape index (κ2) is 8.23. The van der Waals surface area contributed by atoms with Crippen LogP contribution in [0.4, 0.5) is 5.69 Å². The van der Waals surface area contributed by atoms with E-state index < -0.39 is 0 Å². The fraction of sp³-hybridized carbons (Fsp3) is 0.185. The van der Waals surface area contributed by atoms with Gasteiger partial charge >= 0.3 is 0 Å². The van der Waals surface area contributed by atoms with Crippen LogP contribution >= 0.6 is 0 Å². The average molecular weight is 411 g/mol. The molecule has 1 aliphatic rings. The van der Waals surface area contributed by atoms with Crippen molar-refractivity contribution >= 4 is 23.1 Å². The minimum absolute atomic E-state index is 0.241. The lowest BCUT2D eigenvalue weighted by Crippen LogP contribution is -2.32. The van der Waals surface area contributed by atoms with Crippen molar-refractivity contribution in [1.29, 1.82) is 0 Å². The summed E-state index contributed by atoms with van der Waals surface area (Å²) in [7, 11) is 0. The standard InChI is InChI=1S/C27H26N2O2/c1-17-10-13-23(20(4)14-17)28-25-24(22-12-11-18(2)19(3)15-22)26(30)29(27(25)31)16-21-8-6-5-7-9-21/h5-15,28H,16H2,1-4H3. The molecule has 0 bridgehead atoms. The minimum Gasteiger partial charge on any atom is -0.350 e. The lowest BCUT2D eigenvalue weighted by atomic mass is 9.99. The third-order valence-corrected chi connectivity index (χ3v) is 5.79. The predicted molar refractivity (Wildman–Crippen MR) is 124 cm³/mol. The first-order chi connectivity index (χ1) is 14.8. The van der Waals surface area contributed by atoms with E-state index >= 15 is 0 Å². The molecule has 4 rings (SSSR count). The van der Waals surface area contributed by atoms with E-state index in [1.165, 1.54) is 4.90 Å². The topological polar surface area (TPSA) is 49.4 Å². The zero-order chi connectivity index (χ0) is 22.1. The molecular formula is C27H26N2O2. The molecule has 0 unspecified atom stereocenters. The second-order valence-corrected chi connectivity index (χ2v) is 8.17. The van der Waals surface area contributed by atoms with E-state index in [2.05, 4.69) is 11.4 Å². The molecule has 31 heavy (non-hydrogen) atoms. The number of rotatable bonds is 5. The number of amides is 2. The van der Waals surface area contributed by atoms with Crippen LogP contribution in [0.2, 0.25) is 0 Å². The maximum Gasteiger partial charge on any atom is 0.278 e. The summed E-state index contributed by atoms with van der Waals surface area (Å²) in [5, 5.41) is 3.28. The van der Waals surface area contributed by atoms with E-state index in [0.29, 0.717) is 11.3 Å². The van der Waals surface area contributed by atoms with Gasteiger partial charge in [-0.1, -0.05) is 66.2 Å². The second-order valence-electron chi connectivity index (χ2n) is 8.17. The maximum atomic E-state index is 13.5. The Kier molecular flexibility index (Phi) is 5.47. The molecular weight excluding hydrogens is 384 g/mol. The van der Waals surface area contributed by atoms with Gasteiger partial charge in [-0.05, 0) is 61.6 Å². The van der Waals surface area contributed by atoms with Crippen molar-refractivity contribution in [2.75, 3.05) is 5.32 Å². The van der Waals surface area contributed by atoms with Crippen molar-refractivity contribution in [2.24, 2.45) is 0 Å². The Hall–Kier alpha value is -3.66. The summed E-state index contributed by atoms with van der Waals surface area (Å²) < 4.78 is 0. The number of nitrogens with one attached hydrogen (secondary N) is 1. The van der Waals surface area contributed by atoms with Crippen molar-refractivity contribution in [1.82, 2.24) is 4.90 Å². The van der Waals surface area contributed by atoms with Crippen molar-refractivity contribution in [3.63, 3.8) is 0 Å². The SMILES string of the molecule is Cc1ccc(NC2=C(c3ccc(C)c(C)c3)C(=O)N(Cc3ccccc3)C2=O)c(C)c1. The molecule has 0 spiro atoms. The third kappa shape index (κ3) is 4.02. The third-order valence-electron chi connectivity index (χ3n) is 5.79. The van der Waals surface area contributed by atoms with Gasteiger partial charge in [0.25, 0.3) is 11.8 Å². The molecule has 156 valence electrons. The molecule has 0 saturated heterocycles. The van der Waals surface area contributed by atoms with E-state index in [0.717, 1.165) is 39.1 Å². The van der Waals surface area contributed by atoms with Gasteiger partial charge in [-0.15, -0.1) is 0 Å². The van der Waals surface area contributed by atoms with Gasteiger partial charge in [0.15, 0.2) is 0 Å². The maximum absolute atomic E-state index is 13.5. The van der Waals surface area contributed by atoms with Gasteiger partial charge in [0.1, 0.15) is 5.70 Å². The highest BCUT2D eigenvalue weighted by atomic mass is 16.2. The van der Waals surface area contributed by atoms with E-state index in [1.54, 1.807) is 0 Å². The molecule has 1 aliphatic heterocycles. The molecule has 0 saturated carbocycles. The van der Waals surface area contributed by atoms with E-state index in [4.69, 9.17) is 0 Å². The Morgan fingerprint density at radius 3 is 2.16 bits per heavy atom. The van der Waals surface area contributed by atoms with Gasteiger partial charge in [0.05, 0.1) is 12.1 Å². The Morgan fingerprint density at radius 2 is 1.48 bits per heavy atom.